The molecule has 0 aliphatic rings. The van der Waals surface area contributed by atoms with Crippen LogP contribution in [0.5, 0.6) is 0 Å². The van der Waals surface area contributed by atoms with Crippen LogP contribution in [0, 0.1) is 15.9 Å². The summed E-state index contributed by atoms with van der Waals surface area (Å²) in [5, 5.41) is 15.3. The Morgan fingerprint density at radius 1 is 1.27 bits per heavy atom. The second-order valence-corrected chi connectivity index (χ2v) is 6.96. The van der Waals surface area contributed by atoms with Crippen LogP contribution in [0.1, 0.15) is 21.8 Å². The van der Waals surface area contributed by atoms with Gasteiger partial charge in [-0.25, -0.2) is 9.37 Å². The van der Waals surface area contributed by atoms with E-state index in [1.807, 2.05) is 5.38 Å². The molecular formula is C16H12FN3O4S2. The van der Waals surface area contributed by atoms with Crippen LogP contribution in [0.15, 0.2) is 46.2 Å². The molecule has 134 valence electrons. The average molecular weight is 393 g/mol. The Labute approximate surface area is 155 Å². The van der Waals surface area contributed by atoms with Crippen molar-refractivity contribution in [3.63, 3.8) is 0 Å². The average Bonchev–Trinajstić information content (AvgIpc) is 3.26. The highest BCUT2D eigenvalue weighted by Crippen LogP contribution is 2.23. The minimum absolute atomic E-state index is 0.154. The molecule has 0 aliphatic carbocycles. The van der Waals surface area contributed by atoms with E-state index in [1.165, 1.54) is 29.5 Å². The first-order valence-electron chi connectivity index (χ1n) is 7.33. The van der Waals surface area contributed by atoms with Gasteiger partial charge in [-0.1, -0.05) is 12.1 Å². The molecule has 0 aliphatic heterocycles. The number of thioether (sulfide) groups is 1. The Morgan fingerprint density at radius 2 is 2.04 bits per heavy atom. The summed E-state index contributed by atoms with van der Waals surface area (Å²) in [5.41, 5.74) is 1.81. The number of halogens is 1. The minimum Gasteiger partial charge on any atom is -0.395 e. The molecule has 3 rings (SSSR count). The second-order valence-electron chi connectivity index (χ2n) is 5.11. The number of nitrogens with one attached hydrogen (secondary N) is 1. The first-order chi connectivity index (χ1) is 12.5. The number of carbonyl (C=O) groups excluding carboxylic acids is 1. The summed E-state index contributed by atoms with van der Waals surface area (Å²) in [6.45, 7) is 0. The van der Waals surface area contributed by atoms with Crippen molar-refractivity contribution < 1.29 is 18.5 Å². The lowest BCUT2D eigenvalue weighted by Gasteiger charge is -2.00. The SMILES string of the molecule is O=C(Nc1nc(CSCc2ccc(F)cc2)cs1)c1ccc([N+](=O)[O-])o1. The number of hydrogen-bond donors (Lipinski definition) is 1. The van der Waals surface area contributed by atoms with E-state index in [4.69, 9.17) is 4.42 Å². The van der Waals surface area contributed by atoms with Crippen LogP contribution in [0.3, 0.4) is 0 Å². The summed E-state index contributed by atoms with van der Waals surface area (Å²) in [5.74, 6) is -0.157. The minimum atomic E-state index is -0.712. The van der Waals surface area contributed by atoms with Crippen molar-refractivity contribution in [2.45, 2.75) is 11.5 Å². The number of nitrogens with zero attached hydrogens (tertiary/aromatic N) is 2. The van der Waals surface area contributed by atoms with Gasteiger partial charge in [0.2, 0.25) is 0 Å². The van der Waals surface area contributed by atoms with E-state index in [0.717, 1.165) is 23.1 Å². The lowest BCUT2D eigenvalue weighted by molar-refractivity contribution is -0.402. The molecule has 0 bridgehead atoms. The summed E-state index contributed by atoms with van der Waals surface area (Å²) in [6, 6.07) is 8.67. The van der Waals surface area contributed by atoms with Gasteiger partial charge in [-0.3, -0.25) is 20.2 Å². The summed E-state index contributed by atoms with van der Waals surface area (Å²) in [6.07, 6.45) is 0. The molecule has 2 aromatic heterocycles. The van der Waals surface area contributed by atoms with Crippen LogP contribution in [-0.4, -0.2) is 15.8 Å². The van der Waals surface area contributed by atoms with Gasteiger partial charge in [0.15, 0.2) is 10.9 Å². The number of aromatic nitrogens is 1. The third-order valence-electron chi connectivity index (χ3n) is 3.20. The largest absolute Gasteiger partial charge is 0.433 e. The van der Waals surface area contributed by atoms with Crippen molar-refractivity contribution in [1.29, 1.82) is 0 Å². The quantitative estimate of drug-likeness (QED) is 0.470. The predicted octanol–water partition coefficient (Wildman–Crippen LogP) is 4.47. The molecule has 0 atom stereocenters. The van der Waals surface area contributed by atoms with Gasteiger partial charge >= 0.3 is 5.88 Å². The predicted molar refractivity (Wildman–Crippen MR) is 96.8 cm³/mol. The molecule has 0 unspecified atom stereocenters. The van der Waals surface area contributed by atoms with Crippen LogP contribution in [0.2, 0.25) is 0 Å². The number of benzene rings is 1. The zero-order chi connectivity index (χ0) is 18.5. The van der Waals surface area contributed by atoms with Crippen molar-refractivity contribution in [2.24, 2.45) is 0 Å². The maximum atomic E-state index is 12.9. The van der Waals surface area contributed by atoms with E-state index in [1.54, 1.807) is 23.9 Å². The number of furan rings is 1. The van der Waals surface area contributed by atoms with Crippen molar-refractivity contribution in [3.05, 3.63) is 74.7 Å². The van der Waals surface area contributed by atoms with Crippen LogP contribution in [0.25, 0.3) is 0 Å². The van der Waals surface area contributed by atoms with Gasteiger partial charge in [-0.2, -0.15) is 11.8 Å². The second kappa shape index (κ2) is 8.11. The molecule has 1 N–H and O–H groups in total. The molecule has 26 heavy (non-hydrogen) atoms. The summed E-state index contributed by atoms with van der Waals surface area (Å²) >= 11 is 2.87. The monoisotopic (exact) mass is 393 g/mol. The number of amides is 1. The van der Waals surface area contributed by atoms with Crippen molar-refractivity contribution >= 4 is 40.0 Å². The molecule has 1 aromatic carbocycles. The van der Waals surface area contributed by atoms with Gasteiger partial charge < -0.3 is 4.42 Å². The lowest BCUT2D eigenvalue weighted by Crippen LogP contribution is -2.10. The molecule has 2 heterocycles. The molecule has 0 spiro atoms. The van der Waals surface area contributed by atoms with Crippen LogP contribution in [-0.2, 0) is 11.5 Å². The Kier molecular flexibility index (Phi) is 5.64. The molecule has 0 saturated heterocycles. The highest BCUT2D eigenvalue weighted by Gasteiger charge is 2.18. The third kappa shape index (κ3) is 4.67. The maximum absolute atomic E-state index is 12.9. The van der Waals surface area contributed by atoms with E-state index in [2.05, 4.69) is 10.3 Å². The van der Waals surface area contributed by atoms with Gasteiger partial charge in [-0.15, -0.1) is 11.3 Å². The lowest BCUT2D eigenvalue weighted by atomic mass is 10.2. The maximum Gasteiger partial charge on any atom is 0.433 e. The van der Waals surface area contributed by atoms with Crippen molar-refractivity contribution in [2.75, 3.05) is 5.32 Å². The number of hydrogen-bond acceptors (Lipinski definition) is 7. The van der Waals surface area contributed by atoms with Gasteiger partial charge in [0.05, 0.1) is 11.8 Å². The van der Waals surface area contributed by atoms with Gasteiger partial charge in [-0.05, 0) is 23.8 Å². The fraction of sp³-hybridized carbons (Fsp3) is 0.125. The first kappa shape index (κ1) is 18.1. The zero-order valence-corrected chi connectivity index (χ0v) is 14.8. The molecule has 0 radical (unpaired) electrons. The van der Waals surface area contributed by atoms with Gasteiger partial charge in [0, 0.05) is 16.9 Å². The normalized spacial score (nSPS) is 10.7. The smallest absolute Gasteiger partial charge is 0.395 e. The summed E-state index contributed by atoms with van der Waals surface area (Å²) in [4.78, 5) is 26.1. The third-order valence-corrected chi connectivity index (χ3v) is 5.04. The molecule has 0 fully saturated rings. The van der Waals surface area contributed by atoms with E-state index >= 15 is 0 Å². The molecule has 0 saturated carbocycles. The Morgan fingerprint density at radius 3 is 2.73 bits per heavy atom. The Bertz CT molecular complexity index is 924. The molecule has 10 heteroatoms. The Hall–Kier alpha value is -2.72. The summed E-state index contributed by atoms with van der Waals surface area (Å²) < 4.78 is 17.7. The van der Waals surface area contributed by atoms with Crippen LogP contribution >= 0.6 is 23.1 Å². The van der Waals surface area contributed by atoms with Gasteiger partial charge in [0.1, 0.15) is 10.7 Å². The number of nitro groups is 1. The van der Waals surface area contributed by atoms with Crippen molar-refractivity contribution in [3.8, 4) is 0 Å². The molecule has 7 nitrogen and oxygen atoms in total. The fourth-order valence-corrected chi connectivity index (χ4v) is 3.69. The molecule has 1 amide bonds. The topological polar surface area (TPSA) is 98.3 Å². The fourth-order valence-electron chi connectivity index (χ4n) is 1.99. The van der Waals surface area contributed by atoms with Crippen molar-refractivity contribution in [1.82, 2.24) is 4.98 Å². The van der Waals surface area contributed by atoms with Crippen LogP contribution in [0.4, 0.5) is 15.4 Å². The van der Waals surface area contributed by atoms with E-state index < -0.39 is 16.7 Å². The number of anilines is 1. The van der Waals surface area contributed by atoms with E-state index in [-0.39, 0.29) is 11.6 Å². The number of carbonyl (C=O) groups is 1. The molecular weight excluding hydrogens is 381 g/mol. The highest BCUT2D eigenvalue weighted by molar-refractivity contribution is 7.97. The first-order valence-corrected chi connectivity index (χ1v) is 9.37. The van der Waals surface area contributed by atoms with E-state index in [0.29, 0.717) is 10.9 Å². The van der Waals surface area contributed by atoms with Crippen LogP contribution < -0.4 is 5.32 Å². The standard InChI is InChI=1S/C16H12FN3O4S2/c17-11-3-1-10(2-4-11)7-25-8-12-9-26-16(18-12)19-15(21)13-5-6-14(24-13)20(22)23/h1-6,9H,7-8H2,(H,18,19,21). The Balaban J connectivity index is 1.51. The highest BCUT2D eigenvalue weighted by atomic mass is 32.2. The number of thiazole rings is 1. The number of rotatable bonds is 7. The molecule has 3 aromatic rings. The van der Waals surface area contributed by atoms with E-state index in [9.17, 15) is 19.3 Å². The summed E-state index contributed by atoms with van der Waals surface area (Å²) in [7, 11) is 0. The zero-order valence-electron chi connectivity index (χ0n) is 13.2. The van der Waals surface area contributed by atoms with Gasteiger partial charge in [0.25, 0.3) is 5.91 Å².